The molecule has 0 bridgehead atoms. The molecule has 0 aromatic heterocycles. The Balaban J connectivity index is 0.00000113. The van der Waals surface area contributed by atoms with Crippen molar-refractivity contribution in [1.82, 2.24) is 0 Å². The zero-order chi connectivity index (χ0) is 30.7. The molecule has 0 unspecified atom stereocenters. The van der Waals surface area contributed by atoms with Gasteiger partial charge in [-0.25, -0.2) is 0 Å². The van der Waals surface area contributed by atoms with Crippen molar-refractivity contribution in [2.75, 3.05) is 7.05 Å². The number of aliphatic imine (C=N–C) groups is 1. The van der Waals surface area contributed by atoms with Gasteiger partial charge in [0.1, 0.15) is 0 Å². The lowest BCUT2D eigenvalue weighted by atomic mass is 9.32. The standard InChI is InChI=1S/C38H55N.CO2/c1-25(2)28-16-21-38(24-39-9)23-22-36(7)30(33(28)38)14-15-32-35(6)19-17-29(27-12-10-26(3)11-13-27)34(4,5)31(35)18-20-37(32,36)8;2-1-3/h10-13,17,24,28,30-33H,1,14-16,18-23H2,2-9H3;/t28-,30+,31-,32+,33+,35-,36+,37+,38+;/m0./s1. The molecular weight excluding hydrogens is 514 g/mol. The van der Waals surface area contributed by atoms with Crippen LogP contribution in [0.4, 0.5) is 0 Å². The Morgan fingerprint density at radius 2 is 1.57 bits per heavy atom. The molecule has 4 fully saturated rings. The normalized spacial score (nSPS) is 43.4. The zero-order valence-electron chi connectivity index (χ0n) is 27.7. The minimum absolute atomic E-state index is 0.206. The fraction of sp³-hybridized carbons (Fsp3) is 0.692. The SMILES string of the molecule is C=C(C)[C@@H]1CC[C@]2(C=NC)CC[C@]3(C)[C@H](CC[C@@H]4[C@@]5(C)CC=C(c6ccc(C)cc6)C(C)(C)[C@@H]5CC[C@]43C)[C@@H]12.O=C=O. The van der Waals surface area contributed by atoms with Gasteiger partial charge in [-0.15, -0.1) is 0 Å². The van der Waals surface area contributed by atoms with Gasteiger partial charge in [-0.05, 0) is 134 Å². The number of carbonyl (C=O) groups excluding carboxylic acids is 2. The van der Waals surface area contributed by atoms with Crippen molar-refractivity contribution in [2.45, 2.75) is 106 Å². The quantitative estimate of drug-likeness (QED) is 0.269. The van der Waals surface area contributed by atoms with E-state index in [0.717, 1.165) is 23.7 Å². The average molecular weight is 570 g/mol. The second-order valence-electron chi connectivity index (χ2n) is 16.3. The summed E-state index contributed by atoms with van der Waals surface area (Å²) in [6.07, 6.45) is 17.5. The average Bonchev–Trinajstić information content (AvgIpc) is 3.30. The molecule has 5 aliphatic carbocycles. The smallest absolute Gasteiger partial charge is 0.300 e. The van der Waals surface area contributed by atoms with Crippen LogP contribution in [0.15, 0.2) is 47.5 Å². The summed E-state index contributed by atoms with van der Waals surface area (Å²) < 4.78 is 0. The summed E-state index contributed by atoms with van der Waals surface area (Å²) in [7, 11) is 2.01. The molecule has 3 nitrogen and oxygen atoms in total. The van der Waals surface area contributed by atoms with Crippen LogP contribution < -0.4 is 0 Å². The first-order valence-corrected chi connectivity index (χ1v) is 16.6. The maximum atomic E-state index is 8.12. The van der Waals surface area contributed by atoms with Crippen LogP contribution >= 0.6 is 0 Å². The van der Waals surface area contributed by atoms with Crippen molar-refractivity contribution in [3.8, 4) is 0 Å². The molecule has 6 rings (SSSR count). The van der Waals surface area contributed by atoms with Crippen molar-refractivity contribution in [2.24, 2.45) is 61.7 Å². The summed E-state index contributed by atoms with van der Waals surface area (Å²) in [6.45, 7) is 22.5. The number of nitrogens with zero attached hydrogens (tertiary/aromatic N) is 1. The van der Waals surface area contributed by atoms with Crippen LogP contribution in [0.1, 0.15) is 110 Å². The second kappa shape index (κ2) is 10.7. The lowest BCUT2D eigenvalue weighted by molar-refractivity contribution is -0.219. The third-order valence-electron chi connectivity index (χ3n) is 14.5. The van der Waals surface area contributed by atoms with Gasteiger partial charge in [0, 0.05) is 18.7 Å². The van der Waals surface area contributed by atoms with Crippen LogP contribution in [0.5, 0.6) is 0 Å². The maximum absolute atomic E-state index is 8.12. The first kappa shape index (κ1) is 31.2. The van der Waals surface area contributed by atoms with Gasteiger partial charge < -0.3 is 4.99 Å². The number of hydrogen-bond donors (Lipinski definition) is 0. The molecule has 1 aromatic rings. The second-order valence-corrected chi connectivity index (χ2v) is 16.3. The summed E-state index contributed by atoms with van der Waals surface area (Å²) in [5.74, 6) is 3.75. The van der Waals surface area contributed by atoms with E-state index in [2.05, 4.69) is 91.6 Å². The van der Waals surface area contributed by atoms with E-state index in [0.29, 0.717) is 27.6 Å². The topological polar surface area (TPSA) is 46.5 Å². The molecule has 4 saturated carbocycles. The summed E-state index contributed by atoms with van der Waals surface area (Å²) in [5, 5.41) is 0. The number of rotatable bonds is 3. The molecule has 0 radical (unpaired) electrons. The minimum atomic E-state index is 0.206. The highest BCUT2D eigenvalue weighted by molar-refractivity contribution is 5.72. The van der Waals surface area contributed by atoms with Crippen molar-refractivity contribution >= 4 is 17.9 Å². The molecule has 0 aliphatic heterocycles. The van der Waals surface area contributed by atoms with E-state index in [9.17, 15) is 0 Å². The van der Waals surface area contributed by atoms with E-state index >= 15 is 0 Å². The lowest BCUT2D eigenvalue weighted by Gasteiger charge is -2.72. The van der Waals surface area contributed by atoms with Crippen molar-refractivity contribution in [1.29, 1.82) is 0 Å². The molecule has 9 atom stereocenters. The van der Waals surface area contributed by atoms with E-state index in [1.165, 1.54) is 74.5 Å². The van der Waals surface area contributed by atoms with E-state index in [4.69, 9.17) is 14.6 Å². The summed E-state index contributed by atoms with van der Waals surface area (Å²) >= 11 is 0. The van der Waals surface area contributed by atoms with Gasteiger partial charge in [0.2, 0.25) is 0 Å². The number of hydrogen-bond acceptors (Lipinski definition) is 3. The van der Waals surface area contributed by atoms with Crippen LogP contribution in [-0.2, 0) is 9.59 Å². The van der Waals surface area contributed by atoms with E-state index in [-0.39, 0.29) is 11.6 Å². The zero-order valence-corrected chi connectivity index (χ0v) is 27.7. The molecule has 0 saturated heterocycles. The highest BCUT2D eigenvalue weighted by Gasteiger charge is 2.70. The Hall–Kier alpha value is -2.25. The summed E-state index contributed by atoms with van der Waals surface area (Å²) in [4.78, 5) is 21.0. The number of fused-ring (bicyclic) bond motifs is 7. The Labute approximate surface area is 255 Å². The molecule has 228 valence electrons. The Morgan fingerprint density at radius 1 is 0.905 bits per heavy atom. The molecule has 1 aromatic carbocycles. The summed E-state index contributed by atoms with van der Waals surface area (Å²) in [6, 6.07) is 9.35. The van der Waals surface area contributed by atoms with E-state index in [1.807, 2.05) is 7.05 Å². The van der Waals surface area contributed by atoms with Gasteiger partial charge in [-0.1, -0.05) is 82.7 Å². The number of aryl methyl sites for hydroxylation is 1. The first-order valence-electron chi connectivity index (χ1n) is 16.6. The molecular formula is C39H55NO2. The van der Waals surface area contributed by atoms with Gasteiger partial charge in [0.25, 0.3) is 0 Å². The molecule has 0 amide bonds. The van der Waals surface area contributed by atoms with Crippen LogP contribution in [-0.4, -0.2) is 19.4 Å². The van der Waals surface area contributed by atoms with Crippen LogP contribution in [0.25, 0.3) is 5.57 Å². The Bertz CT molecular complexity index is 1300. The lowest BCUT2D eigenvalue weighted by Crippen LogP contribution is -2.65. The molecule has 0 heterocycles. The largest absolute Gasteiger partial charge is 0.373 e. The van der Waals surface area contributed by atoms with Gasteiger partial charge in [0.15, 0.2) is 0 Å². The van der Waals surface area contributed by atoms with E-state index in [1.54, 1.807) is 5.57 Å². The monoisotopic (exact) mass is 569 g/mol. The predicted molar refractivity (Wildman–Crippen MR) is 173 cm³/mol. The molecule has 0 N–H and O–H groups in total. The Morgan fingerprint density at radius 3 is 2.19 bits per heavy atom. The third kappa shape index (κ3) is 4.31. The predicted octanol–water partition coefficient (Wildman–Crippen LogP) is 9.76. The van der Waals surface area contributed by atoms with Crippen LogP contribution in [0.3, 0.4) is 0 Å². The highest BCUT2D eigenvalue weighted by Crippen LogP contribution is 2.77. The molecule has 0 spiro atoms. The minimum Gasteiger partial charge on any atom is -0.300 e. The van der Waals surface area contributed by atoms with Crippen LogP contribution in [0.2, 0.25) is 0 Å². The third-order valence-corrected chi connectivity index (χ3v) is 14.5. The molecule has 5 aliphatic rings. The van der Waals surface area contributed by atoms with Gasteiger partial charge in [-0.3, -0.25) is 0 Å². The van der Waals surface area contributed by atoms with Gasteiger partial charge in [-0.2, -0.15) is 9.59 Å². The van der Waals surface area contributed by atoms with Crippen molar-refractivity contribution in [3.05, 3.63) is 53.6 Å². The fourth-order valence-corrected chi connectivity index (χ4v) is 12.5. The van der Waals surface area contributed by atoms with E-state index < -0.39 is 0 Å². The maximum Gasteiger partial charge on any atom is 0.373 e. The van der Waals surface area contributed by atoms with Crippen LogP contribution in [0, 0.1) is 63.6 Å². The highest BCUT2D eigenvalue weighted by atomic mass is 16.2. The molecule has 3 heteroatoms. The number of benzene rings is 1. The molecule has 42 heavy (non-hydrogen) atoms. The first-order chi connectivity index (χ1) is 19.8. The summed E-state index contributed by atoms with van der Waals surface area (Å²) in [5.41, 5.74) is 7.54. The number of allylic oxidation sites excluding steroid dienone is 3. The van der Waals surface area contributed by atoms with Gasteiger partial charge in [0.05, 0.1) is 0 Å². The fourth-order valence-electron chi connectivity index (χ4n) is 12.5. The van der Waals surface area contributed by atoms with Crippen molar-refractivity contribution in [3.63, 3.8) is 0 Å². The van der Waals surface area contributed by atoms with Crippen molar-refractivity contribution < 1.29 is 9.59 Å². The Kier molecular flexibility index (Phi) is 7.96. The van der Waals surface area contributed by atoms with Gasteiger partial charge >= 0.3 is 6.15 Å².